The molecule has 94 valence electrons. The van der Waals surface area contributed by atoms with Crippen molar-refractivity contribution in [3.63, 3.8) is 0 Å². The Morgan fingerprint density at radius 1 is 1.24 bits per heavy atom. The lowest BCUT2D eigenvalue weighted by atomic mass is 10.1. The number of amides is 1. The second kappa shape index (κ2) is 5.82. The van der Waals surface area contributed by atoms with E-state index in [0.29, 0.717) is 6.54 Å². The van der Waals surface area contributed by atoms with Crippen LogP contribution in [0, 0.1) is 6.92 Å². The Bertz CT molecular complexity index is 477. The van der Waals surface area contributed by atoms with Crippen LogP contribution < -0.4 is 5.32 Å². The number of benzene rings is 1. The molecule has 0 aromatic heterocycles. The smallest absolute Gasteiger partial charge is 0.221 e. The number of rotatable bonds is 5. The third-order valence-corrected chi connectivity index (χ3v) is 3.26. The van der Waals surface area contributed by atoms with E-state index in [2.05, 4.69) is 5.32 Å². The fourth-order valence-electron chi connectivity index (χ4n) is 1.27. The molecular formula is C12H17NO3S. The first kappa shape index (κ1) is 13.7. The molecule has 17 heavy (non-hydrogen) atoms. The summed E-state index contributed by atoms with van der Waals surface area (Å²) in [7, 11) is -3.07. The van der Waals surface area contributed by atoms with E-state index in [-0.39, 0.29) is 18.1 Å². The van der Waals surface area contributed by atoms with Gasteiger partial charge in [0.25, 0.3) is 0 Å². The second-order valence-electron chi connectivity index (χ2n) is 4.14. The van der Waals surface area contributed by atoms with Crippen molar-refractivity contribution in [1.29, 1.82) is 0 Å². The summed E-state index contributed by atoms with van der Waals surface area (Å²) >= 11 is 0. The van der Waals surface area contributed by atoms with Crippen molar-refractivity contribution in [1.82, 2.24) is 5.32 Å². The van der Waals surface area contributed by atoms with Gasteiger partial charge in [-0.3, -0.25) is 4.79 Å². The van der Waals surface area contributed by atoms with Crippen molar-refractivity contribution in [2.45, 2.75) is 19.9 Å². The molecule has 0 saturated heterocycles. The van der Waals surface area contributed by atoms with E-state index in [0.717, 1.165) is 17.4 Å². The fraction of sp³-hybridized carbons (Fsp3) is 0.417. The maximum absolute atomic E-state index is 11.4. The van der Waals surface area contributed by atoms with Crippen LogP contribution >= 0.6 is 0 Å². The second-order valence-corrected chi connectivity index (χ2v) is 6.40. The number of hydrogen-bond donors (Lipinski definition) is 1. The molecule has 0 radical (unpaired) electrons. The molecule has 1 amide bonds. The molecule has 0 aliphatic heterocycles. The molecule has 0 atom stereocenters. The SMILES string of the molecule is Cc1ccc(CNC(=O)CCS(C)(=O)=O)cc1. The summed E-state index contributed by atoms with van der Waals surface area (Å²) in [5.74, 6) is -0.344. The van der Waals surface area contributed by atoms with E-state index in [9.17, 15) is 13.2 Å². The van der Waals surface area contributed by atoms with E-state index < -0.39 is 9.84 Å². The maximum atomic E-state index is 11.4. The van der Waals surface area contributed by atoms with Gasteiger partial charge < -0.3 is 5.32 Å². The zero-order valence-electron chi connectivity index (χ0n) is 10.1. The molecule has 0 spiro atoms. The van der Waals surface area contributed by atoms with Crippen LogP contribution in [0.1, 0.15) is 17.5 Å². The average molecular weight is 255 g/mol. The van der Waals surface area contributed by atoms with Crippen LogP contribution in [-0.4, -0.2) is 26.3 Å². The number of hydrogen-bond acceptors (Lipinski definition) is 3. The summed E-state index contributed by atoms with van der Waals surface area (Å²) in [6.45, 7) is 2.43. The third kappa shape index (κ3) is 6.06. The minimum atomic E-state index is -3.07. The topological polar surface area (TPSA) is 63.2 Å². The summed E-state index contributed by atoms with van der Waals surface area (Å²) in [5.41, 5.74) is 2.17. The molecule has 0 aliphatic rings. The highest BCUT2D eigenvalue weighted by atomic mass is 32.2. The standard InChI is InChI=1S/C12H17NO3S/c1-10-3-5-11(6-4-10)9-13-12(14)7-8-17(2,15)16/h3-6H,7-9H2,1-2H3,(H,13,14). The Morgan fingerprint density at radius 2 is 1.82 bits per heavy atom. The van der Waals surface area contributed by atoms with E-state index in [4.69, 9.17) is 0 Å². The van der Waals surface area contributed by atoms with Crippen LogP contribution in [0.5, 0.6) is 0 Å². The third-order valence-electron chi connectivity index (χ3n) is 2.31. The molecule has 1 aromatic carbocycles. The van der Waals surface area contributed by atoms with Crippen LogP contribution in [0.4, 0.5) is 0 Å². The van der Waals surface area contributed by atoms with E-state index in [1.807, 2.05) is 31.2 Å². The van der Waals surface area contributed by atoms with E-state index in [1.165, 1.54) is 0 Å². The Hall–Kier alpha value is -1.36. The van der Waals surface area contributed by atoms with Gasteiger partial charge in [0.1, 0.15) is 9.84 Å². The summed E-state index contributed by atoms with van der Waals surface area (Å²) in [4.78, 5) is 11.4. The number of aryl methyl sites for hydroxylation is 1. The average Bonchev–Trinajstić information content (AvgIpc) is 2.25. The van der Waals surface area contributed by atoms with Crippen molar-refractivity contribution in [3.05, 3.63) is 35.4 Å². The first-order chi connectivity index (χ1) is 7.87. The van der Waals surface area contributed by atoms with Gasteiger partial charge in [-0.1, -0.05) is 29.8 Å². The lowest BCUT2D eigenvalue weighted by Crippen LogP contribution is -2.24. The number of sulfone groups is 1. The Labute approximate surface area is 102 Å². The Balaban J connectivity index is 2.36. The molecule has 0 saturated carbocycles. The van der Waals surface area contributed by atoms with Gasteiger partial charge in [-0.25, -0.2) is 8.42 Å². The molecule has 1 aromatic rings. The predicted molar refractivity (Wildman–Crippen MR) is 67.4 cm³/mol. The van der Waals surface area contributed by atoms with Gasteiger partial charge in [-0.15, -0.1) is 0 Å². The van der Waals surface area contributed by atoms with Crippen molar-refractivity contribution >= 4 is 15.7 Å². The number of carbonyl (C=O) groups is 1. The van der Waals surface area contributed by atoms with Crippen molar-refractivity contribution < 1.29 is 13.2 Å². The van der Waals surface area contributed by atoms with Crippen LogP contribution in [0.2, 0.25) is 0 Å². The van der Waals surface area contributed by atoms with Gasteiger partial charge in [0.15, 0.2) is 0 Å². The molecule has 0 fully saturated rings. The first-order valence-electron chi connectivity index (χ1n) is 5.37. The van der Waals surface area contributed by atoms with Gasteiger partial charge in [0.2, 0.25) is 5.91 Å². The van der Waals surface area contributed by atoms with Crippen molar-refractivity contribution in [2.75, 3.05) is 12.0 Å². The highest BCUT2D eigenvalue weighted by Gasteiger charge is 2.07. The molecule has 0 aliphatic carbocycles. The molecule has 5 heteroatoms. The van der Waals surface area contributed by atoms with Crippen LogP contribution in [0.3, 0.4) is 0 Å². The molecule has 1 rings (SSSR count). The molecular weight excluding hydrogens is 238 g/mol. The minimum absolute atomic E-state index is 0.0185. The normalized spacial score (nSPS) is 11.2. The number of nitrogens with one attached hydrogen (secondary N) is 1. The van der Waals surface area contributed by atoms with Gasteiger partial charge in [0.05, 0.1) is 5.75 Å². The highest BCUT2D eigenvalue weighted by Crippen LogP contribution is 2.02. The Kier molecular flexibility index (Phi) is 4.69. The quantitative estimate of drug-likeness (QED) is 0.855. The fourth-order valence-corrected chi connectivity index (χ4v) is 1.83. The molecule has 4 nitrogen and oxygen atoms in total. The summed E-state index contributed by atoms with van der Waals surface area (Å²) in [6, 6.07) is 7.81. The Morgan fingerprint density at radius 3 is 2.35 bits per heavy atom. The summed E-state index contributed by atoms with van der Waals surface area (Å²) < 4.78 is 21.7. The molecule has 0 unspecified atom stereocenters. The largest absolute Gasteiger partial charge is 0.352 e. The van der Waals surface area contributed by atoms with Gasteiger partial charge in [0, 0.05) is 19.2 Å². The van der Waals surface area contributed by atoms with Crippen LogP contribution in [0.15, 0.2) is 24.3 Å². The van der Waals surface area contributed by atoms with Crippen LogP contribution in [0.25, 0.3) is 0 Å². The maximum Gasteiger partial charge on any atom is 0.221 e. The predicted octanol–water partition coefficient (Wildman–Crippen LogP) is 1.05. The summed E-state index contributed by atoms with van der Waals surface area (Å²) in [5, 5.41) is 2.69. The van der Waals surface area contributed by atoms with Crippen molar-refractivity contribution in [3.8, 4) is 0 Å². The minimum Gasteiger partial charge on any atom is -0.352 e. The zero-order valence-corrected chi connectivity index (χ0v) is 10.9. The van der Waals surface area contributed by atoms with E-state index in [1.54, 1.807) is 0 Å². The van der Waals surface area contributed by atoms with Gasteiger partial charge >= 0.3 is 0 Å². The molecule has 0 heterocycles. The lowest BCUT2D eigenvalue weighted by Gasteiger charge is -2.05. The first-order valence-corrected chi connectivity index (χ1v) is 7.43. The monoisotopic (exact) mass is 255 g/mol. The number of carbonyl (C=O) groups excluding carboxylic acids is 1. The van der Waals surface area contributed by atoms with Gasteiger partial charge in [-0.2, -0.15) is 0 Å². The van der Waals surface area contributed by atoms with Gasteiger partial charge in [-0.05, 0) is 12.5 Å². The van der Waals surface area contributed by atoms with Crippen molar-refractivity contribution in [2.24, 2.45) is 0 Å². The molecule has 0 bridgehead atoms. The van der Waals surface area contributed by atoms with E-state index >= 15 is 0 Å². The van der Waals surface area contributed by atoms with Crippen LogP contribution in [-0.2, 0) is 21.2 Å². The highest BCUT2D eigenvalue weighted by molar-refractivity contribution is 7.90. The molecule has 1 N–H and O–H groups in total. The summed E-state index contributed by atoms with van der Waals surface area (Å²) in [6.07, 6.45) is 1.14. The lowest BCUT2D eigenvalue weighted by molar-refractivity contribution is -0.120. The zero-order chi connectivity index (χ0) is 12.9.